The number of carbonyl (C=O) groups is 1. The fourth-order valence-electron chi connectivity index (χ4n) is 5.16. The van der Waals surface area contributed by atoms with Gasteiger partial charge in [-0.25, -0.2) is 4.98 Å². The zero-order chi connectivity index (χ0) is 26.1. The number of pyridine rings is 1. The summed E-state index contributed by atoms with van der Waals surface area (Å²) in [7, 11) is 1.58. The molecule has 1 amide bonds. The first-order valence-corrected chi connectivity index (χ1v) is 12.8. The molecule has 2 aliphatic heterocycles. The molecule has 0 spiro atoms. The third-order valence-corrected chi connectivity index (χ3v) is 7.32. The fourth-order valence-corrected chi connectivity index (χ4v) is 5.16. The lowest BCUT2D eigenvalue weighted by molar-refractivity contribution is 0.0823. The van der Waals surface area contributed by atoms with Crippen molar-refractivity contribution in [2.24, 2.45) is 0 Å². The number of hydrogen-bond donors (Lipinski definition) is 2. The molecule has 0 radical (unpaired) electrons. The van der Waals surface area contributed by atoms with Crippen LogP contribution in [0.1, 0.15) is 42.6 Å². The normalized spacial score (nSPS) is 16.4. The standard InChI is InChI=1S/C29H33FN4O3/c1-17(2)34-12-9-21(10-13-34)37-25-7-5-19(15-26(25)36-3)23-16-24(28(31)33-27(23)30)18-4-6-22-20(14-18)8-11-32-29(22)35/h4-7,14-17,21H,8-13H2,1-3H3,(H2,31,33)(H,32,35). The molecule has 37 heavy (non-hydrogen) atoms. The SMILES string of the molecule is COc1cc(-c2cc(-c3ccc4c(c3)CCNC4=O)c(N)nc2F)ccc1OC1CCN(C(C)C)CC1. The van der Waals surface area contributed by atoms with Crippen LogP contribution in [-0.2, 0) is 6.42 Å². The molecule has 194 valence electrons. The van der Waals surface area contributed by atoms with Gasteiger partial charge in [-0.3, -0.25) is 4.79 Å². The van der Waals surface area contributed by atoms with Crippen LogP contribution in [-0.4, -0.2) is 54.7 Å². The van der Waals surface area contributed by atoms with Crippen LogP contribution in [0, 0.1) is 5.95 Å². The van der Waals surface area contributed by atoms with Crippen molar-refractivity contribution in [1.82, 2.24) is 15.2 Å². The van der Waals surface area contributed by atoms with Crippen LogP contribution in [0.5, 0.6) is 11.5 Å². The van der Waals surface area contributed by atoms with Crippen LogP contribution >= 0.6 is 0 Å². The Labute approximate surface area is 216 Å². The minimum atomic E-state index is -0.657. The van der Waals surface area contributed by atoms with Gasteiger partial charge in [0.25, 0.3) is 5.91 Å². The van der Waals surface area contributed by atoms with E-state index in [1.165, 1.54) is 0 Å². The molecule has 1 saturated heterocycles. The van der Waals surface area contributed by atoms with Gasteiger partial charge < -0.3 is 25.4 Å². The number of nitrogen functional groups attached to an aromatic ring is 1. The van der Waals surface area contributed by atoms with Crippen molar-refractivity contribution in [2.75, 3.05) is 32.5 Å². The van der Waals surface area contributed by atoms with Gasteiger partial charge >= 0.3 is 0 Å². The van der Waals surface area contributed by atoms with Crippen LogP contribution in [0.15, 0.2) is 42.5 Å². The number of nitrogens with zero attached hydrogens (tertiary/aromatic N) is 2. The third-order valence-electron chi connectivity index (χ3n) is 7.32. The van der Waals surface area contributed by atoms with Gasteiger partial charge in [0.2, 0.25) is 5.95 Å². The Balaban J connectivity index is 1.42. The maximum absolute atomic E-state index is 15.0. The van der Waals surface area contributed by atoms with E-state index in [2.05, 4.69) is 29.0 Å². The van der Waals surface area contributed by atoms with Gasteiger partial charge in [0.15, 0.2) is 11.5 Å². The molecule has 0 atom stereocenters. The second kappa shape index (κ2) is 10.4. The summed E-state index contributed by atoms with van der Waals surface area (Å²) in [5.74, 6) is 0.544. The molecule has 1 fully saturated rings. The van der Waals surface area contributed by atoms with E-state index in [1.807, 2.05) is 24.3 Å². The predicted molar refractivity (Wildman–Crippen MR) is 142 cm³/mol. The molecular weight excluding hydrogens is 471 g/mol. The first kappa shape index (κ1) is 25.0. The van der Waals surface area contributed by atoms with E-state index in [0.29, 0.717) is 46.3 Å². The smallest absolute Gasteiger partial charge is 0.251 e. The molecule has 0 saturated carbocycles. The summed E-state index contributed by atoms with van der Waals surface area (Å²) in [4.78, 5) is 18.6. The molecule has 0 bridgehead atoms. The van der Waals surface area contributed by atoms with E-state index >= 15 is 4.39 Å². The minimum Gasteiger partial charge on any atom is -0.493 e. The number of aromatic nitrogens is 1. The van der Waals surface area contributed by atoms with E-state index in [9.17, 15) is 4.79 Å². The summed E-state index contributed by atoms with van der Waals surface area (Å²) in [5.41, 5.74) is 10.1. The molecule has 2 aromatic carbocycles. The molecule has 3 heterocycles. The fraction of sp³-hybridized carbons (Fsp3) is 0.379. The van der Waals surface area contributed by atoms with Gasteiger partial charge in [-0.15, -0.1) is 0 Å². The summed E-state index contributed by atoms with van der Waals surface area (Å²) in [6, 6.07) is 13.2. The highest BCUT2D eigenvalue weighted by Gasteiger charge is 2.24. The lowest BCUT2D eigenvalue weighted by Gasteiger charge is -2.34. The third kappa shape index (κ3) is 5.11. The summed E-state index contributed by atoms with van der Waals surface area (Å²) < 4.78 is 27.0. The predicted octanol–water partition coefficient (Wildman–Crippen LogP) is 4.68. The molecule has 2 aliphatic rings. The number of halogens is 1. The number of nitrogens with one attached hydrogen (secondary N) is 1. The second-order valence-electron chi connectivity index (χ2n) is 9.95. The van der Waals surface area contributed by atoms with Gasteiger partial charge in [-0.05, 0) is 74.1 Å². The summed E-state index contributed by atoms with van der Waals surface area (Å²) in [6.07, 6.45) is 2.74. The Hall–Kier alpha value is -3.65. The number of amides is 1. The number of methoxy groups -OCH3 is 1. The lowest BCUT2D eigenvalue weighted by Crippen LogP contribution is -2.41. The average molecular weight is 505 g/mol. The first-order valence-electron chi connectivity index (χ1n) is 12.8. The maximum Gasteiger partial charge on any atom is 0.251 e. The average Bonchev–Trinajstić information content (AvgIpc) is 2.89. The van der Waals surface area contributed by atoms with Gasteiger partial charge in [-0.1, -0.05) is 18.2 Å². The topological polar surface area (TPSA) is 89.7 Å². The molecule has 3 aromatic rings. The van der Waals surface area contributed by atoms with Gasteiger partial charge in [0, 0.05) is 42.4 Å². The molecule has 0 aliphatic carbocycles. The van der Waals surface area contributed by atoms with Crippen molar-refractivity contribution in [1.29, 1.82) is 0 Å². The van der Waals surface area contributed by atoms with Crippen molar-refractivity contribution in [3.8, 4) is 33.8 Å². The number of benzene rings is 2. The molecule has 3 N–H and O–H groups in total. The van der Waals surface area contributed by atoms with Crippen molar-refractivity contribution < 1.29 is 18.7 Å². The maximum atomic E-state index is 15.0. The minimum absolute atomic E-state index is 0.0847. The zero-order valence-corrected chi connectivity index (χ0v) is 21.5. The number of likely N-dealkylation sites (tertiary alicyclic amines) is 1. The largest absolute Gasteiger partial charge is 0.493 e. The van der Waals surface area contributed by atoms with Crippen molar-refractivity contribution >= 4 is 11.7 Å². The number of anilines is 1. The van der Waals surface area contributed by atoms with Gasteiger partial charge in [-0.2, -0.15) is 4.39 Å². The Morgan fingerprint density at radius 2 is 1.76 bits per heavy atom. The van der Waals surface area contributed by atoms with E-state index < -0.39 is 5.95 Å². The number of carbonyl (C=O) groups excluding carboxylic acids is 1. The highest BCUT2D eigenvalue weighted by atomic mass is 19.1. The number of piperidine rings is 1. The summed E-state index contributed by atoms with van der Waals surface area (Å²) >= 11 is 0. The Morgan fingerprint density at radius 3 is 2.49 bits per heavy atom. The molecule has 8 heteroatoms. The number of ether oxygens (including phenoxy) is 2. The zero-order valence-electron chi connectivity index (χ0n) is 21.5. The number of nitrogens with two attached hydrogens (primary N) is 1. The van der Waals surface area contributed by atoms with Crippen LogP contribution < -0.4 is 20.5 Å². The molecule has 0 unspecified atom stereocenters. The monoisotopic (exact) mass is 504 g/mol. The van der Waals surface area contributed by atoms with Crippen LogP contribution in [0.4, 0.5) is 10.2 Å². The van der Waals surface area contributed by atoms with Crippen LogP contribution in [0.3, 0.4) is 0 Å². The van der Waals surface area contributed by atoms with Crippen molar-refractivity contribution in [2.45, 2.75) is 45.3 Å². The summed E-state index contributed by atoms with van der Waals surface area (Å²) in [6.45, 7) is 7.01. The van der Waals surface area contributed by atoms with E-state index in [1.54, 1.807) is 25.3 Å². The van der Waals surface area contributed by atoms with Crippen LogP contribution in [0.25, 0.3) is 22.3 Å². The second-order valence-corrected chi connectivity index (χ2v) is 9.95. The van der Waals surface area contributed by atoms with Crippen molar-refractivity contribution in [3.63, 3.8) is 0 Å². The highest BCUT2D eigenvalue weighted by molar-refractivity contribution is 5.97. The lowest BCUT2D eigenvalue weighted by atomic mass is 9.94. The van der Waals surface area contributed by atoms with E-state index in [4.69, 9.17) is 15.2 Å². The molecule has 1 aromatic heterocycles. The quantitative estimate of drug-likeness (QED) is 0.474. The Morgan fingerprint density at radius 1 is 1.03 bits per heavy atom. The number of rotatable bonds is 6. The Bertz CT molecular complexity index is 1320. The first-order chi connectivity index (χ1) is 17.8. The highest BCUT2D eigenvalue weighted by Crippen LogP contribution is 2.38. The number of fused-ring (bicyclic) bond motifs is 1. The van der Waals surface area contributed by atoms with E-state index in [0.717, 1.165) is 43.5 Å². The van der Waals surface area contributed by atoms with Crippen molar-refractivity contribution in [3.05, 3.63) is 59.5 Å². The van der Waals surface area contributed by atoms with Gasteiger partial charge in [0.1, 0.15) is 11.9 Å². The molecule has 7 nitrogen and oxygen atoms in total. The molecular formula is C29H33FN4O3. The van der Waals surface area contributed by atoms with Gasteiger partial charge in [0.05, 0.1) is 7.11 Å². The number of hydrogen-bond acceptors (Lipinski definition) is 6. The van der Waals surface area contributed by atoms with E-state index in [-0.39, 0.29) is 17.8 Å². The summed E-state index contributed by atoms with van der Waals surface area (Å²) in [5, 5.41) is 2.84. The Kier molecular flexibility index (Phi) is 7.02. The van der Waals surface area contributed by atoms with Crippen LogP contribution in [0.2, 0.25) is 0 Å². The molecule has 5 rings (SSSR count).